The molecule has 0 aliphatic heterocycles. The number of nitrogens with zero attached hydrogens (tertiary/aromatic N) is 4. The summed E-state index contributed by atoms with van der Waals surface area (Å²) in [7, 11) is 3.87. The van der Waals surface area contributed by atoms with Crippen molar-refractivity contribution in [3.63, 3.8) is 0 Å². The lowest BCUT2D eigenvalue weighted by molar-refractivity contribution is 0.708. The lowest BCUT2D eigenvalue weighted by Crippen LogP contribution is -1.97. The topological polar surface area (TPSA) is 35.6 Å². The number of aromatic nitrogens is 4. The monoisotopic (exact) mass is 164 g/mol. The summed E-state index contributed by atoms with van der Waals surface area (Å²) in [5, 5.41) is 9.82. The molecule has 0 N–H and O–H groups in total. The Kier molecular flexibility index (Phi) is 1.28. The zero-order valence-electron chi connectivity index (χ0n) is 7.79. The molecule has 4 nitrogen and oxygen atoms in total. The summed E-state index contributed by atoms with van der Waals surface area (Å²) in [5.74, 6) is 0. The highest BCUT2D eigenvalue weighted by Crippen LogP contribution is 2.19. The van der Waals surface area contributed by atoms with Crippen LogP contribution in [0.5, 0.6) is 0 Å². The van der Waals surface area contributed by atoms with Crippen molar-refractivity contribution >= 4 is 11.0 Å². The molecule has 0 aliphatic rings. The van der Waals surface area contributed by atoms with E-state index >= 15 is 0 Å². The fourth-order valence-corrected chi connectivity index (χ4v) is 1.56. The Bertz CT molecular complexity index is 435. The Morgan fingerprint density at radius 2 is 1.67 bits per heavy atom. The summed E-state index contributed by atoms with van der Waals surface area (Å²) in [6.07, 6.45) is 0. The molecule has 0 aromatic carbocycles. The van der Waals surface area contributed by atoms with Gasteiger partial charge in [-0.3, -0.25) is 4.68 Å². The van der Waals surface area contributed by atoms with Gasteiger partial charge in [0.25, 0.3) is 0 Å². The van der Waals surface area contributed by atoms with Crippen LogP contribution in [-0.2, 0) is 14.1 Å². The Labute approximate surface area is 70.8 Å². The number of hydrogen-bond acceptors (Lipinski definition) is 2. The first-order valence-corrected chi connectivity index (χ1v) is 3.94. The maximum atomic E-state index is 4.35. The molecule has 0 saturated carbocycles. The summed E-state index contributed by atoms with van der Waals surface area (Å²) in [6, 6.07) is 0. The Morgan fingerprint density at radius 3 is 2.25 bits per heavy atom. The highest BCUT2D eigenvalue weighted by atomic mass is 15.4. The fraction of sp³-hybridized carbons (Fsp3) is 0.500. The van der Waals surface area contributed by atoms with E-state index in [1.165, 1.54) is 11.1 Å². The van der Waals surface area contributed by atoms with Crippen LogP contribution in [0.15, 0.2) is 0 Å². The smallest absolute Gasteiger partial charge is 0.180 e. The zero-order valence-corrected chi connectivity index (χ0v) is 7.79. The van der Waals surface area contributed by atoms with Crippen molar-refractivity contribution in [1.82, 2.24) is 19.6 Å². The standard InChI is InChI=1S/C8H12N4/c1-5-7-6(2)11(3)10-8(7)12(4)9-5/h1-4H3. The lowest BCUT2D eigenvalue weighted by atomic mass is 10.3. The van der Waals surface area contributed by atoms with E-state index in [-0.39, 0.29) is 0 Å². The third kappa shape index (κ3) is 0.719. The van der Waals surface area contributed by atoms with E-state index in [9.17, 15) is 0 Å². The van der Waals surface area contributed by atoms with E-state index in [1.807, 2.05) is 30.4 Å². The van der Waals surface area contributed by atoms with Gasteiger partial charge in [0.1, 0.15) is 0 Å². The fourth-order valence-electron chi connectivity index (χ4n) is 1.56. The molecule has 0 fully saturated rings. The van der Waals surface area contributed by atoms with Crippen molar-refractivity contribution in [1.29, 1.82) is 0 Å². The van der Waals surface area contributed by atoms with Gasteiger partial charge in [0.15, 0.2) is 5.65 Å². The molecule has 0 radical (unpaired) electrons. The number of rotatable bonds is 0. The minimum absolute atomic E-state index is 0.965. The predicted octanol–water partition coefficient (Wildman–Crippen LogP) is 0.924. The minimum atomic E-state index is 0.965. The number of aryl methyl sites for hydroxylation is 4. The van der Waals surface area contributed by atoms with Crippen LogP contribution in [-0.4, -0.2) is 19.6 Å². The second-order valence-electron chi connectivity index (χ2n) is 3.12. The highest BCUT2D eigenvalue weighted by Gasteiger charge is 2.12. The van der Waals surface area contributed by atoms with Crippen LogP contribution in [0.25, 0.3) is 11.0 Å². The first-order valence-electron chi connectivity index (χ1n) is 3.94. The van der Waals surface area contributed by atoms with E-state index in [2.05, 4.69) is 17.1 Å². The molecule has 64 valence electrons. The van der Waals surface area contributed by atoms with Gasteiger partial charge < -0.3 is 0 Å². The van der Waals surface area contributed by atoms with Crippen molar-refractivity contribution in [3.05, 3.63) is 11.4 Å². The van der Waals surface area contributed by atoms with Gasteiger partial charge in [0, 0.05) is 19.8 Å². The summed E-state index contributed by atoms with van der Waals surface area (Å²) in [5.41, 5.74) is 3.20. The van der Waals surface area contributed by atoms with Crippen LogP contribution in [0.2, 0.25) is 0 Å². The van der Waals surface area contributed by atoms with Crippen LogP contribution in [0.4, 0.5) is 0 Å². The van der Waals surface area contributed by atoms with Gasteiger partial charge in [-0.25, -0.2) is 4.68 Å². The second kappa shape index (κ2) is 2.09. The average molecular weight is 164 g/mol. The highest BCUT2D eigenvalue weighted by molar-refractivity contribution is 5.81. The maximum absolute atomic E-state index is 4.35. The lowest BCUT2D eigenvalue weighted by Gasteiger charge is -1.92. The summed E-state index contributed by atoms with van der Waals surface area (Å²) >= 11 is 0. The Morgan fingerprint density at radius 1 is 1.00 bits per heavy atom. The van der Waals surface area contributed by atoms with Crippen LogP contribution in [0, 0.1) is 13.8 Å². The second-order valence-corrected chi connectivity index (χ2v) is 3.12. The van der Waals surface area contributed by atoms with Crippen molar-refractivity contribution in [2.24, 2.45) is 14.1 Å². The van der Waals surface area contributed by atoms with Gasteiger partial charge in [-0.2, -0.15) is 10.2 Å². The van der Waals surface area contributed by atoms with Gasteiger partial charge in [-0.15, -0.1) is 0 Å². The molecule has 2 rings (SSSR count). The third-order valence-electron chi connectivity index (χ3n) is 2.28. The van der Waals surface area contributed by atoms with Crippen LogP contribution >= 0.6 is 0 Å². The largest absolute Gasteiger partial charge is 0.270 e. The first kappa shape index (κ1) is 7.34. The van der Waals surface area contributed by atoms with Crippen LogP contribution in [0.3, 0.4) is 0 Å². The molecule has 4 heteroatoms. The van der Waals surface area contributed by atoms with Crippen LogP contribution in [0.1, 0.15) is 11.4 Å². The molecule has 0 atom stereocenters. The van der Waals surface area contributed by atoms with E-state index < -0.39 is 0 Å². The van der Waals surface area contributed by atoms with E-state index in [4.69, 9.17) is 0 Å². The van der Waals surface area contributed by atoms with Crippen molar-refractivity contribution in [2.45, 2.75) is 13.8 Å². The Balaban J connectivity index is 2.98. The molecule has 2 aromatic rings. The normalized spacial score (nSPS) is 11.3. The van der Waals surface area contributed by atoms with Crippen LogP contribution < -0.4 is 0 Å². The van der Waals surface area contributed by atoms with E-state index in [0.29, 0.717) is 0 Å². The number of hydrogen-bond donors (Lipinski definition) is 0. The SMILES string of the molecule is Cc1nn(C)c2nn(C)c(C)c12. The summed E-state index contributed by atoms with van der Waals surface area (Å²) < 4.78 is 3.71. The van der Waals surface area contributed by atoms with Crippen molar-refractivity contribution in [2.75, 3.05) is 0 Å². The molecule has 0 aliphatic carbocycles. The molecule has 0 unspecified atom stereocenters. The minimum Gasteiger partial charge on any atom is -0.270 e. The molecule has 0 saturated heterocycles. The molecular formula is C8H12N4. The summed E-state index contributed by atoms with van der Waals surface area (Å²) in [4.78, 5) is 0. The van der Waals surface area contributed by atoms with Crippen molar-refractivity contribution in [3.8, 4) is 0 Å². The van der Waals surface area contributed by atoms with Gasteiger partial charge >= 0.3 is 0 Å². The molecule has 2 heterocycles. The molecule has 0 bridgehead atoms. The average Bonchev–Trinajstić information content (AvgIpc) is 2.41. The van der Waals surface area contributed by atoms with Gasteiger partial charge in [-0.1, -0.05) is 0 Å². The van der Waals surface area contributed by atoms with Gasteiger partial charge in [0.2, 0.25) is 0 Å². The summed E-state index contributed by atoms with van der Waals surface area (Å²) in [6.45, 7) is 4.07. The van der Waals surface area contributed by atoms with E-state index in [0.717, 1.165) is 11.3 Å². The number of fused-ring (bicyclic) bond motifs is 1. The zero-order chi connectivity index (χ0) is 8.88. The van der Waals surface area contributed by atoms with Gasteiger partial charge in [-0.05, 0) is 13.8 Å². The Hall–Kier alpha value is -1.32. The van der Waals surface area contributed by atoms with Crippen molar-refractivity contribution < 1.29 is 0 Å². The molecular weight excluding hydrogens is 152 g/mol. The van der Waals surface area contributed by atoms with E-state index in [1.54, 1.807) is 0 Å². The molecule has 12 heavy (non-hydrogen) atoms. The first-order chi connectivity index (χ1) is 5.61. The maximum Gasteiger partial charge on any atom is 0.180 e. The predicted molar refractivity (Wildman–Crippen MR) is 47.0 cm³/mol. The molecule has 0 spiro atoms. The van der Waals surface area contributed by atoms with Gasteiger partial charge in [0.05, 0.1) is 11.1 Å². The molecule has 2 aromatic heterocycles. The third-order valence-corrected chi connectivity index (χ3v) is 2.28. The molecule has 0 amide bonds. The quantitative estimate of drug-likeness (QED) is 0.580.